The molecule has 0 unspecified atom stereocenters. The number of pyridine rings is 1. The van der Waals surface area contributed by atoms with Gasteiger partial charge in [-0.15, -0.1) is 0 Å². The highest BCUT2D eigenvalue weighted by Gasteiger charge is 2.29. The molecule has 0 saturated carbocycles. The Morgan fingerprint density at radius 3 is 2.69 bits per heavy atom. The summed E-state index contributed by atoms with van der Waals surface area (Å²) in [6.45, 7) is 8.69. The lowest BCUT2D eigenvalue weighted by molar-refractivity contribution is -0.158. The molecule has 8 nitrogen and oxygen atoms in total. The van der Waals surface area contributed by atoms with Gasteiger partial charge >= 0.3 is 5.97 Å². The first kappa shape index (κ1) is 25.1. The van der Waals surface area contributed by atoms with E-state index >= 15 is 0 Å². The smallest absolute Gasteiger partial charge is 0.311 e. The molecule has 1 aliphatic rings. The van der Waals surface area contributed by atoms with Crippen LogP contribution in [-0.2, 0) is 27.7 Å². The van der Waals surface area contributed by atoms with Crippen molar-refractivity contribution in [1.82, 2.24) is 14.1 Å². The SMILES string of the molecule is Cc1cc(-c2nc3cc(CC[C@H](C(=O)O[C@@H]4CCOC4)[C@@H](C)O)ccc3n2C(C)C)cn(C)c1=O. The standard InChI is InChI=1S/C27H35N3O5/c1-16(2)30-24-9-7-19(6-8-22(18(4)31)27(33)35-21-10-11-34-15-21)13-23(24)28-25(30)20-12-17(3)26(32)29(5)14-20/h7,9,12-14,16,18,21-22,31H,6,8,10-11,15H2,1-5H3/t18-,21-,22+/m1/s1. The molecule has 8 heteroatoms. The van der Waals surface area contributed by atoms with E-state index in [-0.39, 0.29) is 23.7 Å². The van der Waals surface area contributed by atoms with E-state index in [9.17, 15) is 14.7 Å². The van der Waals surface area contributed by atoms with Crippen LogP contribution in [0, 0.1) is 12.8 Å². The highest BCUT2D eigenvalue weighted by Crippen LogP contribution is 2.29. The highest BCUT2D eigenvalue weighted by molar-refractivity contribution is 5.81. The number of nitrogens with zero attached hydrogens (tertiary/aromatic N) is 3. The lowest BCUT2D eigenvalue weighted by Crippen LogP contribution is -2.31. The molecule has 35 heavy (non-hydrogen) atoms. The van der Waals surface area contributed by atoms with E-state index in [1.54, 1.807) is 18.5 Å². The molecule has 3 atom stereocenters. The van der Waals surface area contributed by atoms with Gasteiger partial charge in [0, 0.05) is 36.8 Å². The number of hydrogen-bond acceptors (Lipinski definition) is 6. The first-order valence-electron chi connectivity index (χ1n) is 12.3. The molecule has 0 aliphatic carbocycles. The first-order chi connectivity index (χ1) is 16.7. The number of imidazole rings is 1. The molecular formula is C27H35N3O5. The Bertz CT molecular complexity index is 1240. The van der Waals surface area contributed by atoms with Crippen molar-refractivity contribution in [3.63, 3.8) is 0 Å². The molecule has 3 aromatic rings. The Kier molecular flexibility index (Phi) is 7.42. The number of esters is 1. The summed E-state index contributed by atoms with van der Waals surface area (Å²) in [6, 6.07) is 8.21. The van der Waals surface area contributed by atoms with Crippen molar-refractivity contribution in [1.29, 1.82) is 0 Å². The normalized spacial score (nSPS) is 17.7. The number of aromatic nitrogens is 3. The Morgan fingerprint density at radius 2 is 2.06 bits per heavy atom. The monoisotopic (exact) mass is 481 g/mol. The number of carbonyl (C=O) groups excluding carboxylic acids is 1. The van der Waals surface area contributed by atoms with Gasteiger partial charge in [-0.2, -0.15) is 0 Å². The van der Waals surface area contributed by atoms with Crippen LogP contribution < -0.4 is 5.56 Å². The zero-order valence-electron chi connectivity index (χ0n) is 21.2. The minimum absolute atomic E-state index is 0.0186. The average molecular weight is 482 g/mol. The van der Waals surface area contributed by atoms with E-state index in [4.69, 9.17) is 14.5 Å². The fraction of sp³-hybridized carbons (Fsp3) is 0.519. The van der Waals surface area contributed by atoms with Crippen molar-refractivity contribution >= 4 is 17.0 Å². The molecule has 1 saturated heterocycles. The quantitative estimate of drug-likeness (QED) is 0.495. The summed E-state index contributed by atoms with van der Waals surface area (Å²) >= 11 is 0. The van der Waals surface area contributed by atoms with Crippen molar-refractivity contribution in [2.24, 2.45) is 13.0 Å². The zero-order chi connectivity index (χ0) is 25.3. The van der Waals surface area contributed by atoms with Crippen LogP contribution in [-0.4, -0.2) is 50.6 Å². The largest absolute Gasteiger partial charge is 0.460 e. The van der Waals surface area contributed by atoms with E-state index in [0.29, 0.717) is 38.0 Å². The second-order valence-electron chi connectivity index (χ2n) is 9.86. The van der Waals surface area contributed by atoms with Crippen molar-refractivity contribution in [2.45, 2.75) is 65.2 Å². The number of aliphatic hydroxyl groups excluding tert-OH is 1. The van der Waals surface area contributed by atoms with Gasteiger partial charge in [0.15, 0.2) is 0 Å². The highest BCUT2D eigenvalue weighted by atomic mass is 16.6. The zero-order valence-corrected chi connectivity index (χ0v) is 21.2. The third kappa shape index (κ3) is 5.33. The van der Waals surface area contributed by atoms with Crippen LogP contribution in [0.3, 0.4) is 0 Å². The molecule has 1 fully saturated rings. The third-order valence-corrected chi connectivity index (χ3v) is 6.69. The van der Waals surface area contributed by atoms with Gasteiger partial charge in [0.1, 0.15) is 11.9 Å². The average Bonchev–Trinajstić information content (AvgIpc) is 3.44. The molecular weight excluding hydrogens is 446 g/mol. The molecule has 4 rings (SSSR count). The third-order valence-electron chi connectivity index (χ3n) is 6.69. The molecule has 0 bridgehead atoms. The fourth-order valence-electron chi connectivity index (χ4n) is 4.76. The van der Waals surface area contributed by atoms with E-state index in [1.165, 1.54) is 0 Å². The Labute approximate surface area is 205 Å². The van der Waals surface area contributed by atoms with E-state index in [2.05, 4.69) is 24.5 Å². The number of benzene rings is 1. The van der Waals surface area contributed by atoms with E-state index < -0.39 is 12.0 Å². The molecule has 3 heterocycles. The Hall–Kier alpha value is -2.97. The Balaban J connectivity index is 1.59. The minimum atomic E-state index is -0.798. The summed E-state index contributed by atoms with van der Waals surface area (Å²) in [5, 5.41) is 10.2. The maximum Gasteiger partial charge on any atom is 0.311 e. The van der Waals surface area contributed by atoms with Crippen molar-refractivity contribution in [3.05, 3.63) is 51.9 Å². The lowest BCUT2D eigenvalue weighted by atomic mass is 9.95. The van der Waals surface area contributed by atoms with Gasteiger partial charge in [-0.25, -0.2) is 4.98 Å². The van der Waals surface area contributed by atoms with Crippen LogP contribution >= 0.6 is 0 Å². The number of fused-ring (bicyclic) bond motifs is 1. The number of carbonyl (C=O) groups is 1. The van der Waals surface area contributed by atoms with Gasteiger partial charge in [-0.3, -0.25) is 9.59 Å². The molecule has 188 valence electrons. The molecule has 0 amide bonds. The van der Waals surface area contributed by atoms with Crippen LogP contribution in [0.15, 0.2) is 35.3 Å². The topological polar surface area (TPSA) is 95.6 Å². The molecule has 0 spiro atoms. The second-order valence-corrected chi connectivity index (χ2v) is 9.86. The van der Waals surface area contributed by atoms with Crippen molar-refractivity contribution < 1.29 is 19.4 Å². The molecule has 1 aromatic carbocycles. The Morgan fingerprint density at radius 1 is 1.29 bits per heavy atom. The molecule has 0 radical (unpaired) electrons. The lowest BCUT2D eigenvalue weighted by Gasteiger charge is -2.20. The first-order valence-corrected chi connectivity index (χ1v) is 12.3. The second kappa shape index (κ2) is 10.3. The summed E-state index contributed by atoms with van der Waals surface area (Å²) in [6.07, 6.45) is 2.60. The van der Waals surface area contributed by atoms with Gasteiger partial charge in [0.2, 0.25) is 0 Å². The summed E-state index contributed by atoms with van der Waals surface area (Å²) in [4.78, 5) is 29.8. The van der Waals surface area contributed by atoms with Gasteiger partial charge in [-0.05, 0) is 64.3 Å². The molecule has 1 N–H and O–H groups in total. The number of ether oxygens (including phenoxy) is 2. The molecule has 1 aliphatic heterocycles. The minimum Gasteiger partial charge on any atom is -0.460 e. The number of aliphatic hydroxyl groups is 1. The van der Waals surface area contributed by atoms with Crippen LogP contribution in [0.25, 0.3) is 22.4 Å². The summed E-state index contributed by atoms with van der Waals surface area (Å²) < 4.78 is 14.6. The van der Waals surface area contributed by atoms with Crippen molar-refractivity contribution in [3.8, 4) is 11.4 Å². The summed E-state index contributed by atoms with van der Waals surface area (Å²) in [5.74, 6) is -0.147. The van der Waals surface area contributed by atoms with Crippen LogP contribution in [0.1, 0.15) is 50.8 Å². The number of hydrogen-bond donors (Lipinski definition) is 1. The maximum atomic E-state index is 12.7. The molecule has 2 aromatic heterocycles. The van der Waals surface area contributed by atoms with Gasteiger partial charge < -0.3 is 23.7 Å². The maximum absolute atomic E-state index is 12.7. The van der Waals surface area contributed by atoms with Crippen molar-refractivity contribution in [2.75, 3.05) is 13.2 Å². The van der Waals surface area contributed by atoms with Crippen LogP contribution in [0.5, 0.6) is 0 Å². The van der Waals surface area contributed by atoms with Gasteiger partial charge in [-0.1, -0.05) is 6.07 Å². The van der Waals surface area contributed by atoms with Crippen LogP contribution in [0.2, 0.25) is 0 Å². The number of aryl methyl sites for hydroxylation is 3. The van der Waals surface area contributed by atoms with Gasteiger partial charge in [0.25, 0.3) is 5.56 Å². The fourth-order valence-corrected chi connectivity index (χ4v) is 4.76. The van der Waals surface area contributed by atoms with E-state index in [1.807, 2.05) is 31.3 Å². The summed E-state index contributed by atoms with van der Waals surface area (Å²) in [5.41, 5.74) is 4.46. The van der Waals surface area contributed by atoms with E-state index in [0.717, 1.165) is 28.0 Å². The van der Waals surface area contributed by atoms with Gasteiger partial charge in [0.05, 0.1) is 36.3 Å². The number of rotatable bonds is 8. The predicted molar refractivity (Wildman–Crippen MR) is 134 cm³/mol. The predicted octanol–water partition coefficient (Wildman–Crippen LogP) is 3.55. The summed E-state index contributed by atoms with van der Waals surface area (Å²) in [7, 11) is 1.75. The van der Waals surface area contributed by atoms with Crippen LogP contribution in [0.4, 0.5) is 0 Å².